The molecule has 2 aliphatic carbocycles. The summed E-state index contributed by atoms with van der Waals surface area (Å²) < 4.78 is 5.89. The van der Waals surface area contributed by atoms with Gasteiger partial charge < -0.3 is 15.2 Å². The van der Waals surface area contributed by atoms with E-state index in [1.54, 1.807) is 6.92 Å². The van der Waals surface area contributed by atoms with Crippen LogP contribution in [0.4, 0.5) is 0 Å². The smallest absolute Gasteiger partial charge is 0.329 e. The van der Waals surface area contributed by atoms with Gasteiger partial charge in [-0.05, 0) is 32.6 Å². The van der Waals surface area contributed by atoms with E-state index < -0.39 is 17.6 Å². The Balaban J connectivity index is 1.90. The second kappa shape index (κ2) is 7.95. The molecule has 5 heteroatoms. The molecule has 2 saturated carbocycles. The van der Waals surface area contributed by atoms with E-state index in [1.165, 1.54) is 12.8 Å². The highest BCUT2D eigenvalue weighted by Crippen LogP contribution is 2.29. The normalized spacial score (nSPS) is 24.2. The molecule has 0 aromatic heterocycles. The predicted octanol–water partition coefficient (Wildman–Crippen LogP) is 3.02. The van der Waals surface area contributed by atoms with E-state index in [4.69, 9.17) is 4.74 Å². The first-order valence-electron chi connectivity index (χ1n) is 8.74. The SMILES string of the molecule is CC(OC1CCCCCC1)C(=O)NC1(C(=O)O)CCCCC1. The summed E-state index contributed by atoms with van der Waals surface area (Å²) in [7, 11) is 0. The van der Waals surface area contributed by atoms with Gasteiger partial charge in [-0.3, -0.25) is 4.79 Å². The van der Waals surface area contributed by atoms with Gasteiger partial charge in [-0.25, -0.2) is 4.79 Å². The monoisotopic (exact) mass is 311 g/mol. The van der Waals surface area contributed by atoms with Crippen molar-refractivity contribution in [3.8, 4) is 0 Å². The molecular weight excluding hydrogens is 282 g/mol. The lowest BCUT2D eigenvalue weighted by atomic mass is 9.81. The van der Waals surface area contributed by atoms with E-state index in [9.17, 15) is 14.7 Å². The molecule has 0 spiro atoms. The fraction of sp³-hybridized carbons (Fsp3) is 0.882. The summed E-state index contributed by atoms with van der Waals surface area (Å²) in [4.78, 5) is 24.0. The Bertz CT molecular complexity index is 382. The van der Waals surface area contributed by atoms with Crippen molar-refractivity contribution in [3.63, 3.8) is 0 Å². The summed E-state index contributed by atoms with van der Waals surface area (Å²) in [6.07, 6.45) is 10.1. The van der Waals surface area contributed by atoms with Gasteiger partial charge in [0.2, 0.25) is 5.91 Å². The van der Waals surface area contributed by atoms with E-state index in [0.717, 1.165) is 44.9 Å². The van der Waals surface area contributed by atoms with E-state index >= 15 is 0 Å². The van der Waals surface area contributed by atoms with Crippen LogP contribution < -0.4 is 5.32 Å². The highest BCUT2D eigenvalue weighted by Gasteiger charge is 2.41. The van der Waals surface area contributed by atoms with Crippen LogP contribution in [0.2, 0.25) is 0 Å². The lowest BCUT2D eigenvalue weighted by Crippen LogP contribution is -2.58. The number of hydrogen-bond acceptors (Lipinski definition) is 3. The highest BCUT2D eigenvalue weighted by atomic mass is 16.5. The molecule has 1 atom stereocenters. The standard InChI is InChI=1S/C17H29NO4/c1-13(22-14-9-5-2-3-6-10-14)15(19)18-17(16(20)21)11-7-4-8-12-17/h13-14H,2-12H2,1H3,(H,18,19)(H,20,21). The summed E-state index contributed by atoms with van der Waals surface area (Å²) in [5, 5.41) is 12.3. The van der Waals surface area contributed by atoms with Crippen molar-refractivity contribution in [2.45, 2.75) is 95.3 Å². The fourth-order valence-corrected chi connectivity index (χ4v) is 3.61. The van der Waals surface area contributed by atoms with Gasteiger partial charge in [0.05, 0.1) is 6.10 Å². The largest absolute Gasteiger partial charge is 0.480 e. The second-order valence-corrected chi connectivity index (χ2v) is 6.83. The molecule has 2 rings (SSSR count). The van der Waals surface area contributed by atoms with Crippen LogP contribution in [-0.2, 0) is 14.3 Å². The van der Waals surface area contributed by atoms with Crippen molar-refractivity contribution in [1.82, 2.24) is 5.32 Å². The van der Waals surface area contributed by atoms with Crippen LogP contribution in [0.3, 0.4) is 0 Å². The number of carboxylic acid groups (broad SMARTS) is 1. The molecule has 1 unspecified atom stereocenters. The molecule has 1 amide bonds. The van der Waals surface area contributed by atoms with Crippen LogP contribution in [0.1, 0.15) is 77.6 Å². The van der Waals surface area contributed by atoms with Gasteiger partial charge in [-0.1, -0.05) is 44.9 Å². The van der Waals surface area contributed by atoms with Crippen LogP contribution in [0.15, 0.2) is 0 Å². The fourth-order valence-electron chi connectivity index (χ4n) is 3.61. The number of rotatable bonds is 5. The number of nitrogens with one attached hydrogen (secondary N) is 1. The third kappa shape index (κ3) is 4.45. The molecule has 0 heterocycles. The van der Waals surface area contributed by atoms with Gasteiger partial charge in [0.15, 0.2) is 0 Å². The van der Waals surface area contributed by atoms with Crippen molar-refractivity contribution >= 4 is 11.9 Å². The zero-order valence-electron chi connectivity index (χ0n) is 13.6. The van der Waals surface area contributed by atoms with E-state index in [1.807, 2.05) is 0 Å². The molecule has 0 aromatic rings. The Morgan fingerprint density at radius 2 is 1.59 bits per heavy atom. The maximum atomic E-state index is 12.4. The summed E-state index contributed by atoms with van der Waals surface area (Å²) in [6, 6.07) is 0. The zero-order valence-corrected chi connectivity index (χ0v) is 13.6. The van der Waals surface area contributed by atoms with Crippen molar-refractivity contribution < 1.29 is 19.4 Å². The number of carboxylic acids is 1. The first kappa shape index (κ1) is 17.3. The summed E-state index contributed by atoms with van der Waals surface area (Å²) in [5.74, 6) is -1.20. The van der Waals surface area contributed by atoms with Crippen molar-refractivity contribution in [2.75, 3.05) is 0 Å². The molecule has 0 saturated heterocycles. The molecule has 2 N–H and O–H groups in total. The predicted molar refractivity (Wildman–Crippen MR) is 83.6 cm³/mol. The van der Waals surface area contributed by atoms with Gasteiger partial charge in [-0.15, -0.1) is 0 Å². The Labute approximate surface area is 132 Å². The number of carbonyl (C=O) groups is 2. The number of carbonyl (C=O) groups excluding carboxylic acids is 1. The van der Waals surface area contributed by atoms with Gasteiger partial charge in [-0.2, -0.15) is 0 Å². The topological polar surface area (TPSA) is 75.6 Å². The van der Waals surface area contributed by atoms with Crippen LogP contribution in [-0.4, -0.2) is 34.7 Å². The summed E-state index contributed by atoms with van der Waals surface area (Å²) >= 11 is 0. The first-order valence-corrected chi connectivity index (χ1v) is 8.74. The third-order valence-electron chi connectivity index (χ3n) is 5.05. The van der Waals surface area contributed by atoms with Gasteiger partial charge in [0.25, 0.3) is 0 Å². The number of amides is 1. The third-order valence-corrected chi connectivity index (χ3v) is 5.05. The van der Waals surface area contributed by atoms with Crippen molar-refractivity contribution in [1.29, 1.82) is 0 Å². The molecule has 0 aromatic carbocycles. The van der Waals surface area contributed by atoms with E-state index in [0.29, 0.717) is 12.8 Å². The molecule has 0 radical (unpaired) electrons. The average Bonchev–Trinajstić information content (AvgIpc) is 2.76. The quantitative estimate of drug-likeness (QED) is 0.765. The van der Waals surface area contributed by atoms with Crippen LogP contribution in [0.5, 0.6) is 0 Å². The maximum absolute atomic E-state index is 12.4. The van der Waals surface area contributed by atoms with Crippen LogP contribution in [0, 0.1) is 0 Å². The Morgan fingerprint density at radius 3 is 2.14 bits per heavy atom. The van der Waals surface area contributed by atoms with Crippen LogP contribution >= 0.6 is 0 Å². The molecular formula is C17H29NO4. The lowest BCUT2D eigenvalue weighted by molar-refractivity contribution is -0.152. The van der Waals surface area contributed by atoms with Gasteiger partial charge in [0.1, 0.15) is 11.6 Å². The highest BCUT2D eigenvalue weighted by molar-refractivity contribution is 5.89. The average molecular weight is 311 g/mol. The van der Waals surface area contributed by atoms with E-state index in [2.05, 4.69) is 5.32 Å². The van der Waals surface area contributed by atoms with E-state index in [-0.39, 0.29) is 12.0 Å². The van der Waals surface area contributed by atoms with Crippen molar-refractivity contribution in [3.05, 3.63) is 0 Å². The zero-order chi connectivity index (χ0) is 16.0. The minimum atomic E-state index is -1.09. The molecule has 2 fully saturated rings. The molecule has 5 nitrogen and oxygen atoms in total. The summed E-state index contributed by atoms with van der Waals surface area (Å²) in [5.41, 5.74) is -1.09. The minimum absolute atomic E-state index is 0.135. The molecule has 126 valence electrons. The number of aliphatic carboxylic acids is 1. The molecule has 0 bridgehead atoms. The van der Waals surface area contributed by atoms with Crippen molar-refractivity contribution in [2.24, 2.45) is 0 Å². The minimum Gasteiger partial charge on any atom is -0.480 e. The van der Waals surface area contributed by atoms with Gasteiger partial charge in [0, 0.05) is 0 Å². The van der Waals surface area contributed by atoms with Crippen LogP contribution in [0.25, 0.3) is 0 Å². The molecule has 2 aliphatic rings. The Hall–Kier alpha value is -1.10. The first-order chi connectivity index (χ1) is 10.5. The summed E-state index contributed by atoms with van der Waals surface area (Å²) in [6.45, 7) is 1.73. The lowest BCUT2D eigenvalue weighted by Gasteiger charge is -2.35. The Kier molecular flexibility index (Phi) is 6.24. The Morgan fingerprint density at radius 1 is 1.05 bits per heavy atom. The second-order valence-electron chi connectivity index (χ2n) is 6.83. The maximum Gasteiger partial charge on any atom is 0.329 e. The number of ether oxygens (including phenoxy) is 1. The van der Waals surface area contributed by atoms with Gasteiger partial charge >= 0.3 is 5.97 Å². The number of hydrogen-bond donors (Lipinski definition) is 2. The molecule has 22 heavy (non-hydrogen) atoms. The molecule has 0 aliphatic heterocycles.